The maximum atomic E-state index is 14.1. The summed E-state index contributed by atoms with van der Waals surface area (Å²) in [5.41, 5.74) is 4.87. The molecule has 0 spiro atoms. The number of nitrogens with two attached hydrogens (primary N) is 1. The van der Waals surface area contributed by atoms with E-state index in [2.05, 4.69) is 10.6 Å². The van der Waals surface area contributed by atoms with E-state index in [0.717, 1.165) is 57.4 Å². The van der Waals surface area contributed by atoms with Gasteiger partial charge in [-0.25, -0.2) is 4.79 Å². The maximum Gasteiger partial charge on any atom is 0.329 e. The third-order valence-electron chi connectivity index (χ3n) is 8.41. The lowest BCUT2D eigenvalue weighted by atomic mass is 9.82. The van der Waals surface area contributed by atoms with E-state index in [9.17, 15) is 24.0 Å². The first-order chi connectivity index (χ1) is 18.3. The second-order valence-corrected chi connectivity index (χ2v) is 12.4. The number of amides is 3. The summed E-state index contributed by atoms with van der Waals surface area (Å²) in [6, 6.07) is -2.49. The van der Waals surface area contributed by atoms with Crippen LogP contribution >= 0.6 is 0 Å². The second-order valence-electron chi connectivity index (χ2n) is 12.4. The number of hydrogen-bond acceptors (Lipinski definition) is 7. The Morgan fingerprint density at radius 2 is 1.67 bits per heavy atom. The van der Waals surface area contributed by atoms with E-state index in [4.69, 9.17) is 10.5 Å². The molecule has 2 aliphatic carbocycles. The van der Waals surface area contributed by atoms with Crippen LogP contribution in [0.25, 0.3) is 0 Å². The van der Waals surface area contributed by atoms with Gasteiger partial charge in [-0.2, -0.15) is 0 Å². The first-order valence-electron chi connectivity index (χ1n) is 14.4. The molecule has 0 aromatic carbocycles. The third kappa shape index (κ3) is 7.39. The molecule has 3 amide bonds. The smallest absolute Gasteiger partial charge is 0.329 e. The summed E-state index contributed by atoms with van der Waals surface area (Å²) in [4.78, 5) is 66.7. The van der Waals surface area contributed by atoms with Gasteiger partial charge >= 0.3 is 5.97 Å². The van der Waals surface area contributed by atoms with Gasteiger partial charge in [-0.1, -0.05) is 46.5 Å². The van der Waals surface area contributed by atoms with Crippen LogP contribution < -0.4 is 16.4 Å². The van der Waals surface area contributed by atoms with E-state index in [1.165, 1.54) is 6.92 Å². The van der Waals surface area contributed by atoms with Gasteiger partial charge in [0.05, 0.1) is 6.61 Å². The molecule has 3 aliphatic rings. The minimum absolute atomic E-state index is 0.0645. The molecule has 1 unspecified atom stereocenters. The summed E-state index contributed by atoms with van der Waals surface area (Å²) >= 11 is 0. The summed E-state index contributed by atoms with van der Waals surface area (Å²) in [6.45, 7) is 9.35. The molecule has 10 heteroatoms. The van der Waals surface area contributed by atoms with Crippen LogP contribution in [0.3, 0.4) is 0 Å². The van der Waals surface area contributed by atoms with Crippen molar-refractivity contribution in [2.24, 2.45) is 28.9 Å². The molecule has 10 nitrogen and oxygen atoms in total. The van der Waals surface area contributed by atoms with Crippen molar-refractivity contribution in [1.29, 1.82) is 0 Å². The molecule has 218 valence electrons. The summed E-state index contributed by atoms with van der Waals surface area (Å²) < 4.78 is 5.36. The number of esters is 1. The summed E-state index contributed by atoms with van der Waals surface area (Å²) in [7, 11) is 0. The number of likely N-dealkylation sites (tertiary alicyclic amines) is 1. The number of hydrogen-bond donors (Lipinski definition) is 3. The molecule has 1 aliphatic heterocycles. The van der Waals surface area contributed by atoms with E-state index < -0.39 is 35.4 Å². The van der Waals surface area contributed by atoms with E-state index in [1.807, 2.05) is 20.8 Å². The van der Waals surface area contributed by atoms with Gasteiger partial charge in [0.2, 0.25) is 11.8 Å². The van der Waals surface area contributed by atoms with E-state index in [1.54, 1.807) is 11.8 Å². The highest BCUT2D eigenvalue weighted by atomic mass is 16.5. The fourth-order valence-electron chi connectivity index (χ4n) is 6.48. The Morgan fingerprint density at radius 1 is 1.00 bits per heavy atom. The average molecular weight is 547 g/mol. The molecular formula is C29H46N4O6. The Hall–Kier alpha value is -2.91. The molecular weight excluding hydrogens is 500 g/mol. The SMILES string of the molecule is CCOC(=O)[C@@H]1[C@H]2CCC[C@H]2CN1C(=O)[C@@H](NC(=O)C(NC(=O)C(N)=CC(C)=O)C1CCCCC1)C(C)(C)C. The highest BCUT2D eigenvalue weighted by Crippen LogP contribution is 2.43. The van der Waals surface area contributed by atoms with Gasteiger partial charge in [0.1, 0.15) is 23.8 Å². The van der Waals surface area contributed by atoms with Crippen LogP contribution in [0.15, 0.2) is 11.8 Å². The van der Waals surface area contributed by atoms with Gasteiger partial charge in [-0.3, -0.25) is 19.2 Å². The summed E-state index contributed by atoms with van der Waals surface area (Å²) in [6.07, 6.45) is 8.32. The molecule has 1 saturated heterocycles. The van der Waals surface area contributed by atoms with Crippen LogP contribution in [-0.2, 0) is 28.7 Å². The van der Waals surface area contributed by atoms with Gasteiger partial charge in [-0.15, -0.1) is 0 Å². The minimum Gasteiger partial charge on any atom is -0.464 e. The van der Waals surface area contributed by atoms with Gasteiger partial charge < -0.3 is 26.0 Å². The standard InChI is InChI=1S/C29H46N4O6/c1-6-39-28(38)23-20-14-10-13-19(20)16-33(23)27(37)24(29(3,4)5)32-26(36)22(18-11-8-7-9-12-18)31-25(35)21(30)15-17(2)34/h15,18-20,22-24H,6-14,16,30H2,1-5H3,(H,31,35)(H,32,36)/t19-,20-,22?,23-,24+/m0/s1. The number of carbonyl (C=O) groups excluding carboxylic acids is 5. The van der Waals surface area contributed by atoms with Crippen LogP contribution in [0.1, 0.15) is 86.0 Å². The number of allylic oxidation sites excluding steroid dienone is 1. The van der Waals surface area contributed by atoms with Crippen molar-refractivity contribution < 1.29 is 28.7 Å². The molecule has 2 saturated carbocycles. The Bertz CT molecular complexity index is 981. The lowest BCUT2D eigenvalue weighted by molar-refractivity contribution is -0.156. The van der Waals surface area contributed by atoms with Crippen LogP contribution in [0.4, 0.5) is 0 Å². The molecule has 1 heterocycles. The van der Waals surface area contributed by atoms with Crippen molar-refractivity contribution in [2.45, 2.75) is 104 Å². The van der Waals surface area contributed by atoms with E-state index >= 15 is 0 Å². The Kier molecular flexibility index (Phi) is 10.2. The van der Waals surface area contributed by atoms with Crippen molar-refractivity contribution in [3.8, 4) is 0 Å². The number of carbonyl (C=O) groups is 5. The minimum atomic E-state index is -0.922. The van der Waals surface area contributed by atoms with Gasteiger partial charge in [0.25, 0.3) is 5.91 Å². The molecule has 0 aromatic rings. The molecule has 4 N–H and O–H groups in total. The zero-order valence-electron chi connectivity index (χ0n) is 24.1. The number of nitrogens with zero attached hydrogens (tertiary/aromatic N) is 1. The number of ketones is 1. The number of fused-ring (bicyclic) bond motifs is 1. The number of rotatable bonds is 9. The molecule has 0 aromatic heterocycles. The van der Waals surface area contributed by atoms with Crippen molar-refractivity contribution in [3.63, 3.8) is 0 Å². The topological polar surface area (TPSA) is 148 Å². The Morgan fingerprint density at radius 3 is 2.26 bits per heavy atom. The van der Waals surface area contributed by atoms with Crippen molar-refractivity contribution in [2.75, 3.05) is 13.2 Å². The van der Waals surface area contributed by atoms with Crippen molar-refractivity contribution >= 4 is 29.5 Å². The molecule has 39 heavy (non-hydrogen) atoms. The van der Waals surface area contributed by atoms with Gasteiger partial charge in [0.15, 0.2) is 5.78 Å². The zero-order chi connectivity index (χ0) is 28.9. The predicted molar refractivity (Wildman–Crippen MR) is 146 cm³/mol. The van der Waals surface area contributed by atoms with Crippen LogP contribution in [0.2, 0.25) is 0 Å². The zero-order valence-corrected chi connectivity index (χ0v) is 24.1. The fourth-order valence-corrected chi connectivity index (χ4v) is 6.48. The number of ether oxygens (including phenoxy) is 1. The Labute approximate surface area is 231 Å². The van der Waals surface area contributed by atoms with Gasteiger partial charge in [0, 0.05) is 12.6 Å². The molecule has 0 radical (unpaired) electrons. The lowest BCUT2D eigenvalue weighted by Crippen LogP contribution is -2.61. The first-order valence-corrected chi connectivity index (χ1v) is 14.4. The second kappa shape index (κ2) is 13.0. The maximum absolute atomic E-state index is 14.1. The highest BCUT2D eigenvalue weighted by molar-refractivity contribution is 6.02. The first kappa shape index (κ1) is 30.6. The fraction of sp³-hybridized carbons (Fsp3) is 0.759. The molecule has 5 atom stereocenters. The lowest BCUT2D eigenvalue weighted by Gasteiger charge is -2.38. The van der Waals surface area contributed by atoms with Crippen molar-refractivity contribution in [1.82, 2.24) is 15.5 Å². The average Bonchev–Trinajstić information content (AvgIpc) is 3.46. The number of nitrogens with one attached hydrogen (secondary N) is 2. The summed E-state index contributed by atoms with van der Waals surface area (Å²) in [5.74, 6) is -2.05. The van der Waals surface area contributed by atoms with Crippen LogP contribution in [0, 0.1) is 23.2 Å². The third-order valence-corrected chi connectivity index (χ3v) is 8.41. The molecule has 3 rings (SSSR count). The Balaban J connectivity index is 1.86. The van der Waals surface area contributed by atoms with E-state index in [-0.39, 0.29) is 47.7 Å². The predicted octanol–water partition coefficient (Wildman–Crippen LogP) is 2.20. The van der Waals surface area contributed by atoms with Crippen molar-refractivity contribution in [3.05, 3.63) is 11.8 Å². The summed E-state index contributed by atoms with van der Waals surface area (Å²) in [5, 5.41) is 5.69. The monoisotopic (exact) mass is 546 g/mol. The molecule has 0 bridgehead atoms. The molecule has 3 fully saturated rings. The van der Waals surface area contributed by atoms with Crippen LogP contribution in [0.5, 0.6) is 0 Å². The largest absolute Gasteiger partial charge is 0.464 e. The van der Waals surface area contributed by atoms with Gasteiger partial charge in [-0.05, 0) is 62.7 Å². The van der Waals surface area contributed by atoms with Crippen LogP contribution in [-0.4, -0.2) is 65.7 Å². The normalized spacial score (nSPS) is 25.4. The highest BCUT2D eigenvalue weighted by Gasteiger charge is 2.52. The van der Waals surface area contributed by atoms with E-state index in [0.29, 0.717) is 6.54 Å². The quantitative estimate of drug-likeness (QED) is 0.297.